The maximum atomic E-state index is 5.78. The van der Waals surface area contributed by atoms with Crippen LogP contribution in [0.1, 0.15) is 38.3 Å². The Morgan fingerprint density at radius 3 is 2.76 bits per heavy atom. The summed E-state index contributed by atoms with van der Waals surface area (Å²) in [7, 11) is 1.98. The highest BCUT2D eigenvalue weighted by atomic mass is 16.5. The first-order chi connectivity index (χ1) is 8.33. The van der Waals surface area contributed by atoms with Crippen molar-refractivity contribution in [2.45, 2.75) is 32.7 Å². The van der Waals surface area contributed by atoms with E-state index >= 15 is 0 Å². The van der Waals surface area contributed by atoms with E-state index in [1.54, 1.807) is 0 Å². The summed E-state index contributed by atoms with van der Waals surface area (Å²) in [5, 5.41) is 3.30. The van der Waals surface area contributed by atoms with E-state index in [0.29, 0.717) is 12.6 Å². The van der Waals surface area contributed by atoms with Crippen LogP contribution in [0.3, 0.4) is 0 Å². The number of rotatable bonds is 6. The highest BCUT2D eigenvalue weighted by Gasteiger charge is 2.11. The van der Waals surface area contributed by atoms with Crippen LogP contribution >= 0.6 is 0 Å². The minimum atomic E-state index is 0.350. The van der Waals surface area contributed by atoms with Crippen molar-refractivity contribution in [3.63, 3.8) is 0 Å². The molecule has 2 nitrogen and oxygen atoms in total. The lowest BCUT2D eigenvalue weighted by Gasteiger charge is -2.18. The summed E-state index contributed by atoms with van der Waals surface area (Å²) in [6.45, 7) is 4.67. The van der Waals surface area contributed by atoms with Crippen molar-refractivity contribution in [1.82, 2.24) is 5.32 Å². The molecule has 17 heavy (non-hydrogen) atoms. The molecule has 0 aliphatic heterocycles. The first kappa shape index (κ1) is 13.6. The predicted octanol–water partition coefficient (Wildman–Crippen LogP) is 3.15. The third kappa shape index (κ3) is 4.13. The van der Waals surface area contributed by atoms with E-state index in [-0.39, 0.29) is 0 Å². The molecule has 0 saturated heterocycles. The van der Waals surface area contributed by atoms with Gasteiger partial charge in [0, 0.05) is 18.0 Å². The Bertz CT molecular complexity index is 385. The summed E-state index contributed by atoms with van der Waals surface area (Å²) >= 11 is 0. The summed E-state index contributed by atoms with van der Waals surface area (Å²) in [6.07, 6.45) is 1.83. The fourth-order valence-corrected chi connectivity index (χ4v) is 1.82. The minimum absolute atomic E-state index is 0.350. The third-order valence-corrected chi connectivity index (χ3v) is 2.71. The van der Waals surface area contributed by atoms with Crippen LogP contribution < -0.4 is 10.1 Å². The molecule has 0 fully saturated rings. The van der Waals surface area contributed by atoms with E-state index in [0.717, 1.165) is 18.6 Å². The van der Waals surface area contributed by atoms with Gasteiger partial charge in [0.15, 0.2) is 0 Å². The Labute approximate surface area is 104 Å². The fourth-order valence-electron chi connectivity index (χ4n) is 1.82. The smallest absolute Gasteiger partial charge is 0.124 e. The second-order valence-corrected chi connectivity index (χ2v) is 3.81. The predicted molar refractivity (Wildman–Crippen MR) is 72.1 cm³/mol. The quantitative estimate of drug-likeness (QED) is 0.600. The maximum absolute atomic E-state index is 5.78. The SMILES string of the molecule is CC#CCCOc1ccccc1C(CC)NC. The van der Waals surface area contributed by atoms with Crippen LogP contribution in [0.4, 0.5) is 0 Å². The Balaban J connectivity index is 2.72. The summed E-state index contributed by atoms with van der Waals surface area (Å²) in [6, 6.07) is 8.55. The molecule has 1 atom stereocenters. The molecule has 0 aliphatic carbocycles. The van der Waals surface area contributed by atoms with Crippen molar-refractivity contribution in [3.8, 4) is 17.6 Å². The average molecular weight is 231 g/mol. The van der Waals surface area contributed by atoms with Crippen molar-refractivity contribution in [2.75, 3.05) is 13.7 Å². The van der Waals surface area contributed by atoms with Gasteiger partial charge in [0.05, 0.1) is 6.61 Å². The lowest BCUT2D eigenvalue weighted by atomic mass is 10.0. The first-order valence-corrected chi connectivity index (χ1v) is 6.12. The van der Waals surface area contributed by atoms with Crippen molar-refractivity contribution in [2.24, 2.45) is 0 Å². The van der Waals surface area contributed by atoms with Crippen LogP contribution in [0.5, 0.6) is 5.75 Å². The van der Waals surface area contributed by atoms with Gasteiger partial charge in [-0.15, -0.1) is 11.8 Å². The molecule has 0 heterocycles. The van der Waals surface area contributed by atoms with Crippen molar-refractivity contribution >= 4 is 0 Å². The molecule has 92 valence electrons. The third-order valence-electron chi connectivity index (χ3n) is 2.71. The molecule has 0 bridgehead atoms. The van der Waals surface area contributed by atoms with Crippen molar-refractivity contribution in [1.29, 1.82) is 0 Å². The van der Waals surface area contributed by atoms with E-state index in [4.69, 9.17) is 4.74 Å². The van der Waals surface area contributed by atoms with E-state index in [9.17, 15) is 0 Å². The Hall–Kier alpha value is -1.46. The topological polar surface area (TPSA) is 21.3 Å². The largest absolute Gasteiger partial charge is 0.492 e. The van der Waals surface area contributed by atoms with Crippen molar-refractivity contribution in [3.05, 3.63) is 29.8 Å². The van der Waals surface area contributed by atoms with Crippen LogP contribution in [-0.2, 0) is 0 Å². The molecule has 0 aromatic heterocycles. The molecule has 1 unspecified atom stereocenters. The van der Waals surface area contributed by atoms with Gasteiger partial charge < -0.3 is 10.1 Å². The van der Waals surface area contributed by atoms with Gasteiger partial charge in [0.1, 0.15) is 5.75 Å². The molecule has 1 N–H and O–H groups in total. The Kier molecular flexibility index (Phi) is 6.21. The number of nitrogens with one attached hydrogen (secondary N) is 1. The molecule has 2 heteroatoms. The zero-order valence-corrected chi connectivity index (χ0v) is 10.9. The van der Waals surface area contributed by atoms with E-state index in [1.165, 1.54) is 5.56 Å². The van der Waals surface area contributed by atoms with Crippen LogP contribution in [0.25, 0.3) is 0 Å². The zero-order chi connectivity index (χ0) is 12.5. The monoisotopic (exact) mass is 231 g/mol. The molecule has 1 rings (SSSR count). The maximum Gasteiger partial charge on any atom is 0.124 e. The highest BCUT2D eigenvalue weighted by molar-refractivity contribution is 5.35. The van der Waals surface area contributed by atoms with Crippen LogP contribution in [0.2, 0.25) is 0 Å². The van der Waals surface area contributed by atoms with Crippen LogP contribution in [0.15, 0.2) is 24.3 Å². The fraction of sp³-hybridized carbons (Fsp3) is 0.467. The molecule has 0 spiro atoms. The lowest BCUT2D eigenvalue weighted by Crippen LogP contribution is -2.16. The molecular weight excluding hydrogens is 210 g/mol. The van der Waals surface area contributed by atoms with Gasteiger partial charge in [-0.2, -0.15) is 0 Å². The van der Waals surface area contributed by atoms with Gasteiger partial charge in [-0.3, -0.25) is 0 Å². The number of para-hydroxylation sites is 1. The molecule has 1 aromatic rings. The number of hydrogen-bond acceptors (Lipinski definition) is 2. The highest BCUT2D eigenvalue weighted by Crippen LogP contribution is 2.26. The van der Waals surface area contributed by atoms with Gasteiger partial charge in [-0.25, -0.2) is 0 Å². The number of benzene rings is 1. The number of ether oxygens (including phenoxy) is 1. The molecule has 1 aromatic carbocycles. The molecular formula is C15H21NO. The summed E-state index contributed by atoms with van der Waals surface area (Å²) in [5.41, 5.74) is 1.22. The van der Waals surface area contributed by atoms with Gasteiger partial charge in [0.25, 0.3) is 0 Å². The second kappa shape index (κ2) is 7.76. The van der Waals surface area contributed by atoms with E-state index in [1.807, 2.05) is 32.2 Å². The number of hydrogen-bond donors (Lipinski definition) is 1. The van der Waals surface area contributed by atoms with E-state index < -0.39 is 0 Å². The lowest BCUT2D eigenvalue weighted by molar-refractivity contribution is 0.319. The standard InChI is InChI=1S/C15H21NO/c1-4-6-9-12-17-15-11-8-7-10-13(15)14(5-2)16-3/h7-8,10-11,14,16H,5,9,12H2,1-3H3. The summed E-state index contributed by atoms with van der Waals surface area (Å²) in [4.78, 5) is 0. The summed E-state index contributed by atoms with van der Waals surface area (Å²) in [5.74, 6) is 6.84. The van der Waals surface area contributed by atoms with Crippen LogP contribution in [-0.4, -0.2) is 13.7 Å². The first-order valence-electron chi connectivity index (χ1n) is 6.12. The van der Waals surface area contributed by atoms with Crippen LogP contribution in [0, 0.1) is 11.8 Å². The van der Waals surface area contributed by atoms with E-state index in [2.05, 4.69) is 30.1 Å². The molecule has 0 saturated carbocycles. The molecule has 0 radical (unpaired) electrons. The Morgan fingerprint density at radius 2 is 2.12 bits per heavy atom. The van der Waals surface area contributed by atoms with Gasteiger partial charge in [-0.05, 0) is 26.5 Å². The average Bonchev–Trinajstić information content (AvgIpc) is 2.38. The second-order valence-electron chi connectivity index (χ2n) is 3.81. The van der Waals surface area contributed by atoms with Gasteiger partial charge >= 0.3 is 0 Å². The normalized spacial score (nSPS) is 11.5. The summed E-state index contributed by atoms with van der Waals surface area (Å²) < 4.78 is 5.78. The zero-order valence-electron chi connectivity index (χ0n) is 10.9. The molecule has 0 amide bonds. The minimum Gasteiger partial charge on any atom is -0.492 e. The van der Waals surface area contributed by atoms with Gasteiger partial charge in [0.2, 0.25) is 0 Å². The van der Waals surface area contributed by atoms with Crippen molar-refractivity contribution < 1.29 is 4.74 Å². The molecule has 0 aliphatic rings. The van der Waals surface area contributed by atoms with Gasteiger partial charge in [-0.1, -0.05) is 25.1 Å². The Morgan fingerprint density at radius 1 is 1.35 bits per heavy atom.